The van der Waals surface area contributed by atoms with Crippen LogP contribution in [0.4, 0.5) is 11.4 Å². The second-order valence-corrected chi connectivity index (χ2v) is 6.87. The molecule has 1 fully saturated rings. The van der Waals surface area contributed by atoms with E-state index in [4.69, 9.17) is 16.3 Å². The molecule has 2 aromatic carbocycles. The quantitative estimate of drug-likeness (QED) is 0.874. The van der Waals surface area contributed by atoms with Gasteiger partial charge in [-0.3, -0.25) is 4.79 Å². The van der Waals surface area contributed by atoms with E-state index in [0.29, 0.717) is 5.75 Å². The lowest BCUT2D eigenvalue weighted by atomic mass is 9.95. The molecule has 1 heterocycles. The summed E-state index contributed by atoms with van der Waals surface area (Å²) in [6, 6.07) is 13.7. The molecular formula is C20H23ClN2O2. The lowest BCUT2D eigenvalue weighted by Crippen LogP contribution is -2.38. The molecule has 0 aromatic heterocycles. The Kier molecular flexibility index (Phi) is 5.49. The average Bonchev–Trinajstić information content (AvgIpc) is 2.62. The highest BCUT2D eigenvalue weighted by molar-refractivity contribution is 6.30. The van der Waals surface area contributed by atoms with Crippen LogP contribution in [0.1, 0.15) is 18.4 Å². The molecule has 1 N–H and O–H groups in total. The van der Waals surface area contributed by atoms with Crippen molar-refractivity contribution < 1.29 is 9.53 Å². The van der Waals surface area contributed by atoms with Gasteiger partial charge in [-0.1, -0.05) is 23.7 Å². The molecule has 0 aliphatic carbocycles. The standard InChI is InChI=1S/C20H23ClN2O2/c1-14-6-7-19(25-2)18(12-14)22-20(24)15-8-10-23(11-9-15)17-5-3-4-16(21)13-17/h3-7,12-13,15H,8-11H2,1-2H3,(H,22,24). The molecule has 0 bridgehead atoms. The van der Waals surface area contributed by atoms with Gasteiger partial charge in [0.25, 0.3) is 0 Å². The number of nitrogens with one attached hydrogen (secondary N) is 1. The average molecular weight is 359 g/mol. The summed E-state index contributed by atoms with van der Waals surface area (Å²) >= 11 is 6.07. The number of rotatable bonds is 4. The zero-order valence-corrected chi connectivity index (χ0v) is 15.3. The van der Waals surface area contributed by atoms with Gasteiger partial charge in [0, 0.05) is 29.7 Å². The highest BCUT2D eigenvalue weighted by Crippen LogP contribution is 2.29. The number of nitrogens with zero attached hydrogens (tertiary/aromatic N) is 1. The lowest BCUT2D eigenvalue weighted by Gasteiger charge is -2.33. The third kappa shape index (κ3) is 4.26. The Balaban J connectivity index is 1.61. The number of methoxy groups -OCH3 is 1. The van der Waals surface area contributed by atoms with E-state index in [1.165, 1.54) is 0 Å². The number of aryl methyl sites for hydroxylation is 1. The van der Waals surface area contributed by atoms with Crippen LogP contribution in [0.15, 0.2) is 42.5 Å². The molecule has 0 spiro atoms. The van der Waals surface area contributed by atoms with Crippen molar-refractivity contribution in [2.45, 2.75) is 19.8 Å². The van der Waals surface area contributed by atoms with Gasteiger partial charge in [-0.2, -0.15) is 0 Å². The van der Waals surface area contributed by atoms with Crippen molar-refractivity contribution in [3.05, 3.63) is 53.1 Å². The first kappa shape index (κ1) is 17.6. The molecule has 25 heavy (non-hydrogen) atoms. The number of benzene rings is 2. The van der Waals surface area contributed by atoms with Gasteiger partial charge in [0.15, 0.2) is 0 Å². The summed E-state index contributed by atoms with van der Waals surface area (Å²) in [5.41, 5.74) is 2.95. The van der Waals surface area contributed by atoms with Crippen molar-refractivity contribution in [3.8, 4) is 5.75 Å². The van der Waals surface area contributed by atoms with Crippen LogP contribution < -0.4 is 15.0 Å². The second-order valence-electron chi connectivity index (χ2n) is 6.43. The predicted molar refractivity (Wildman–Crippen MR) is 103 cm³/mol. The third-order valence-corrected chi connectivity index (χ3v) is 4.89. The Morgan fingerprint density at radius 1 is 1.20 bits per heavy atom. The Labute approximate surface area is 153 Å². The lowest BCUT2D eigenvalue weighted by molar-refractivity contribution is -0.120. The molecule has 5 heteroatoms. The summed E-state index contributed by atoms with van der Waals surface area (Å²) < 4.78 is 5.34. The Hall–Kier alpha value is -2.20. The molecule has 1 aliphatic heterocycles. The topological polar surface area (TPSA) is 41.6 Å². The van der Waals surface area contributed by atoms with Crippen LogP contribution in [-0.4, -0.2) is 26.1 Å². The SMILES string of the molecule is COc1ccc(C)cc1NC(=O)C1CCN(c2cccc(Cl)c2)CC1. The van der Waals surface area contributed by atoms with E-state index in [9.17, 15) is 4.79 Å². The molecule has 1 saturated heterocycles. The van der Waals surface area contributed by atoms with E-state index >= 15 is 0 Å². The van der Waals surface area contributed by atoms with Gasteiger partial charge >= 0.3 is 0 Å². The van der Waals surface area contributed by atoms with Gasteiger partial charge in [-0.15, -0.1) is 0 Å². The molecular weight excluding hydrogens is 336 g/mol. The zero-order chi connectivity index (χ0) is 17.8. The fourth-order valence-corrected chi connectivity index (χ4v) is 3.41. The molecule has 0 saturated carbocycles. The first-order valence-electron chi connectivity index (χ1n) is 8.53. The van der Waals surface area contributed by atoms with Crippen LogP contribution in [0.25, 0.3) is 0 Å². The number of carbonyl (C=O) groups excluding carboxylic acids is 1. The van der Waals surface area contributed by atoms with Crippen molar-refractivity contribution in [1.82, 2.24) is 0 Å². The number of halogens is 1. The third-order valence-electron chi connectivity index (χ3n) is 4.65. The molecule has 3 rings (SSSR count). The Morgan fingerprint density at radius 2 is 1.96 bits per heavy atom. The minimum Gasteiger partial charge on any atom is -0.495 e. The zero-order valence-electron chi connectivity index (χ0n) is 14.6. The number of carbonyl (C=O) groups is 1. The van der Waals surface area contributed by atoms with Crippen LogP contribution in [0.5, 0.6) is 5.75 Å². The molecule has 0 atom stereocenters. The van der Waals surface area contributed by atoms with Gasteiger partial charge in [0.05, 0.1) is 12.8 Å². The predicted octanol–water partition coefficient (Wildman–Crippen LogP) is 4.51. The van der Waals surface area contributed by atoms with Crippen LogP contribution in [0.3, 0.4) is 0 Å². The van der Waals surface area contributed by atoms with Gasteiger partial charge in [-0.05, 0) is 55.7 Å². The number of anilines is 2. The number of hydrogen-bond donors (Lipinski definition) is 1. The van der Waals surface area contributed by atoms with Gasteiger partial charge in [0.2, 0.25) is 5.91 Å². The van der Waals surface area contributed by atoms with Crippen molar-refractivity contribution in [1.29, 1.82) is 0 Å². The number of hydrogen-bond acceptors (Lipinski definition) is 3. The summed E-state index contributed by atoms with van der Waals surface area (Å²) in [6.07, 6.45) is 1.65. The maximum atomic E-state index is 12.6. The molecule has 132 valence electrons. The molecule has 2 aromatic rings. The normalized spacial score (nSPS) is 15.1. The van der Waals surface area contributed by atoms with Crippen LogP contribution in [0, 0.1) is 12.8 Å². The van der Waals surface area contributed by atoms with E-state index in [1.807, 2.05) is 43.3 Å². The number of amides is 1. The summed E-state index contributed by atoms with van der Waals surface area (Å²) in [6.45, 7) is 3.70. The summed E-state index contributed by atoms with van der Waals surface area (Å²) in [5, 5.41) is 3.77. The Morgan fingerprint density at radius 3 is 2.64 bits per heavy atom. The number of ether oxygens (including phenoxy) is 1. The summed E-state index contributed by atoms with van der Waals surface area (Å²) in [4.78, 5) is 14.9. The van der Waals surface area contributed by atoms with E-state index in [0.717, 1.165) is 47.9 Å². The van der Waals surface area contributed by atoms with Crippen LogP contribution in [0.2, 0.25) is 5.02 Å². The monoisotopic (exact) mass is 358 g/mol. The largest absolute Gasteiger partial charge is 0.495 e. The van der Waals surface area contributed by atoms with Crippen molar-refractivity contribution in [2.24, 2.45) is 5.92 Å². The fraction of sp³-hybridized carbons (Fsp3) is 0.350. The van der Waals surface area contributed by atoms with Crippen LogP contribution in [-0.2, 0) is 4.79 Å². The smallest absolute Gasteiger partial charge is 0.227 e. The number of piperidine rings is 1. The summed E-state index contributed by atoms with van der Waals surface area (Å²) in [5.74, 6) is 0.769. The van der Waals surface area contributed by atoms with Gasteiger partial charge in [0.1, 0.15) is 5.75 Å². The minimum absolute atomic E-state index is 0.0145. The molecule has 1 aliphatic rings. The molecule has 0 unspecified atom stereocenters. The van der Waals surface area contributed by atoms with Crippen molar-refractivity contribution in [3.63, 3.8) is 0 Å². The van der Waals surface area contributed by atoms with E-state index in [-0.39, 0.29) is 11.8 Å². The van der Waals surface area contributed by atoms with Crippen LogP contribution >= 0.6 is 11.6 Å². The highest BCUT2D eigenvalue weighted by atomic mass is 35.5. The van der Waals surface area contributed by atoms with E-state index in [1.54, 1.807) is 7.11 Å². The first-order chi connectivity index (χ1) is 12.1. The minimum atomic E-state index is 0.0145. The maximum Gasteiger partial charge on any atom is 0.227 e. The van der Waals surface area contributed by atoms with Crippen molar-refractivity contribution in [2.75, 3.05) is 30.4 Å². The fourth-order valence-electron chi connectivity index (χ4n) is 3.23. The molecule has 4 nitrogen and oxygen atoms in total. The molecule has 0 radical (unpaired) electrons. The van der Waals surface area contributed by atoms with E-state index in [2.05, 4.69) is 16.3 Å². The summed E-state index contributed by atoms with van der Waals surface area (Å²) in [7, 11) is 1.61. The maximum absolute atomic E-state index is 12.6. The van der Waals surface area contributed by atoms with Gasteiger partial charge in [-0.25, -0.2) is 0 Å². The van der Waals surface area contributed by atoms with Gasteiger partial charge < -0.3 is 15.0 Å². The second kappa shape index (κ2) is 7.79. The first-order valence-corrected chi connectivity index (χ1v) is 8.90. The highest BCUT2D eigenvalue weighted by Gasteiger charge is 2.25. The Bertz CT molecular complexity index is 755. The van der Waals surface area contributed by atoms with E-state index < -0.39 is 0 Å². The molecule has 1 amide bonds. The van der Waals surface area contributed by atoms with Crippen molar-refractivity contribution >= 4 is 28.9 Å².